The summed E-state index contributed by atoms with van der Waals surface area (Å²) in [6.45, 7) is 23.4. The van der Waals surface area contributed by atoms with E-state index in [9.17, 15) is 9.18 Å². The number of hydrogen-bond donors (Lipinski definition) is 2. The van der Waals surface area contributed by atoms with Crippen LogP contribution in [0.1, 0.15) is 73.1 Å². The molecular weight excluding hydrogens is 501 g/mol. The number of aliphatic imine (C=N–C) groups is 1. The van der Waals surface area contributed by atoms with Crippen molar-refractivity contribution in [3.05, 3.63) is 95.0 Å². The Labute approximate surface area is 241 Å². The number of nitrogens with zero attached hydrogens (tertiary/aromatic N) is 3. The van der Waals surface area contributed by atoms with Gasteiger partial charge in [-0.2, -0.15) is 5.10 Å². The van der Waals surface area contributed by atoms with Gasteiger partial charge in [0.1, 0.15) is 11.9 Å². The van der Waals surface area contributed by atoms with Crippen molar-refractivity contribution in [2.45, 2.75) is 68.1 Å². The number of nitrogens with one attached hydrogen (secondary N) is 2. The summed E-state index contributed by atoms with van der Waals surface area (Å²) in [5.41, 5.74) is 9.84. The molecule has 0 spiro atoms. The molecule has 0 fully saturated rings. The fraction of sp³-hybridized carbons (Fsp3) is 0.364. The molecule has 40 heavy (non-hydrogen) atoms. The van der Waals surface area contributed by atoms with Gasteiger partial charge in [0.25, 0.3) is 0 Å². The Morgan fingerprint density at radius 1 is 1.10 bits per heavy atom. The third-order valence-electron chi connectivity index (χ3n) is 5.55. The summed E-state index contributed by atoms with van der Waals surface area (Å²) < 4.78 is 13.8. The molecule has 0 aliphatic heterocycles. The Bertz CT molecular complexity index is 1260. The average Bonchev–Trinajstić information content (AvgIpc) is 3.33. The van der Waals surface area contributed by atoms with E-state index in [1.165, 1.54) is 35.5 Å². The Balaban J connectivity index is 0.000000589. The normalized spacial score (nSPS) is 10.7. The van der Waals surface area contributed by atoms with E-state index in [1.807, 2.05) is 66.1 Å². The van der Waals surface area contributed by atoms with Crippen molar-refractivity contribution in [2.75, 3.05) is 19.4 Å². The van der Waals surface area contributed by atoms with E-state index in [0.717, 1.165) is 28.8 Å². The SMILES string of the molecule is C=C(C)c1cc(C)cc(C)c1NC.C=C(N=CC)C(C)F.CC.CNCc1cc(C=O)n(-c2ccccc2C)n1. The fourth-order valence-corrected chi connectivity index (χ4v) is 3.70. The molecule has 0 amide bonds. The molecule has 1 aromatic heterocycles. The molecule has 1 unspecified atom stereocenters. The predicted octanol–water partition coefficient (Wildman–Crippen LogP) is 8.07. The van der Waals surface area contributed by atoms with Crippen molar-refractivity contribution in [3.8, 4) is 5.69 Å². The summed E-state index contributed by atoms with van der Waals surface area (Å²) in [5.74, 6) is 0. The molecule has 2 N–H and O–H groups in total. The molecule has 6 nitrogen and oxygen atoms in total. The first-order valence-corrected chi connectivity index (χ1v) is 13.5. The van der Waals surface area contributed by atoms with E-state index >= 15 is 0 Å². The van der Waals surface area contributed by atoms with Crippen LogP contribution in [0, 0.1) is 20.8 Å². The van der Waals surface area contributed by atoms with Gasteiger partial charge < -0.3 is 10.6 Å². The number of carbonyl (C=O) groups excluding carboxylic acids is 1. The van der Waals surface area contributed by atoms with Crippen molar-refractivity contribution < 1.29 is 9.18 Å². The van der Waals surface area contributed by atoms with E-state index in [0.29, 0.717) is 12.2 Å². The van der Waals surface area contributed by atoms with Crippen molar-refractivity contribution in [3.63, 3.8) is 0 Å². The molecule has 3 rings (SSSR count). The van der Waals surface area contributed by atoms with Crippen LogP contribution in [0.4, 0.5) is 10.1 Å². The number of anilines is 1. The molecule has 218 valence electrons. The Hall–Kier alpha value is -3.84. The van der Waals surface area contributed by atoms with E-state index in [-0.39, 0.29) is 5.70 Å². The van der Waals surface area contributed by atoms with E-state index in [1.54, 1.807) is 17.7 Å². The maximum absolute atomic E-state index is 12.1. The third kappa shape index (κ3) is 11.5. The molecule has 2 aromatic carbocycles. The minimum Gasteiger partial charge on any atom is -0.387 e. The maximum Gasteiger partial charge on any atom is 0.168 e. The maximum atomic E-state index is 12.1. The lowest BCUT2D eigenvalue weighted by Crippen LogP contribution is -2.07. The second-order valence-corrected chi connectivity index (χ2v) is 8.94. The molecule has 0 bridgehead atoms. The van der Waals surface area contributed by atoms with Crippen LogP contribution in [0.15, 0.2) is 66.3 Å². The van der Waals surface area contributed by atoms with Gasteiger partial charge in [0.15, 0.2) is 6.29 Å². The molecule has 0 saturated heterocycles. The zero-order valence-corrected chi connectivity index (χ0v) is 26.0. The lowest BCUT2D eigenvalue weighted by Gasteiger charge is -2.13. The van der Waals surface area contributed by atoms with Crippen molar-refractivity contribution >= 4 is 23.8 Å². The standard InChI is InChI=1S/C13H15N3O.C12H17N.C6H10FN.C2H6/c1-10-5-3-4-6-13(10)16-12(9-17)7-11(15-16)8-14-2;1-8(2)11-7-9(3)6-10(4)12(11)13-5;1-4-8-6(3)5(2)7;1-2/h3-7,9,14H,8H2,1-2H3;6-7,13H,1H2,2-5H3;4-5H,3H2,1-2H3;1-2H3. The summed E-state index contributed by atoms with van der Waals surface area (Å²) in [6.07, 6.45) is 1.34. The number of aryl methyl sites for hydroxylation is 3. The number of aldehydes is 1. The first-order valence-electron chi connectivity index (χ1n) is 13.5. The summed E-state index contributed by atoms with van der Waals surface area (Å²) in [6, 6.07) is 14.0. The second-order valence-electron chi connectivity index (χ2n) is 8.94. The second kappa shape index (κ2) is 19.3. The summed E-state index contributed by atoms with van der Waals surface area (Å²) in [5, 5.41) is 10.7. The number of rotatable bonds is 8. The molecular formula is C33H48FN5O. The lowest BCUT2D eigenvalue weighted by molar-refractivity contribution is 0.111. The smallest absolute Gasteiger partial charge is 0.168 e. The molecule has 0 aliphatic rings. The van der Waals surface area contributed by atoms with Gasteiger partial charge in [-0.3, -0.25) is 9.79 Å². The molecule has 1 atom stereocenters. The van der Waals surface area contributed by atoms with Gasteiger partial charge in [-0.05, 0) is 83.5 Å². The zero-order valence-electron chi connectivity index (χ0n) is 26.0. The Kier molecular flexibility index (Phi) is 17.4. The molecule has 3 aromatic rings. The number of allylic oxidation sites excluding steroid dienone is 2. The van der Waals surface area contributed by atoms with Gasteiger partial charge in [0, 0.05) is 31.1 Å². The highest BCUT2D eigenvalue weighted by Gasteiger charge is 2.10. The van der Waals surface area contributed by atoms with Crippen LogP contribution in [-0.2, 0) is 6.54 Å². The first kappa shape index (κ1) is 36.2. The fourth-order valence-electron chi connectivity index (χ4n) is 3.70. The third-order valence-corrected chi connectivity index (χ3v) is 5.55. The number of para-hydroxylation sites is 1. The van der Waals surface area contributed by atoms with Gasteiger partial charge in [-0.1, -0.05) is 56.8 Å². The monoisotopic (exact) mass is 549 g/mol. The van der Waals surface area contributed by atoms with E-state index < -0.39 is 6.17 Å². The van der Waals surface area contributed by atoms with Crippen molar-refractivity contribution in [2.24, 2.45) is 4.99 Å². The molecule has 7 heteroatoms. The van der Waals surface area contributed by atoms with Gasteiger partial charge >= 0.3 is 0 Å². The highest BCUT2D eigenvalue weighted by Crippen LogP contribution is 2.27. The van der Waals surface area contributed by atoms with Gasteiger partial charge in [0.05, 0.1) is 17.1 Å². The number of alkyl halides is 1. The summed E-state index contributed by atoms with van der Waals surface area (Å²) >= 11 is 0. The topological polar surface area (TPSA) is 71.3 Å². The number of benzene rings is 2. The number of aromatic nitrogens is 2. The Morgan fingerprint density at radius 3 is 2.17 bits per heavy atom. The molecule has 0 saturated carbocycles. The van der Waals surface area contributed by atoms with Crippen LogP contribution in [0.5, 0.6) is 0 Å². The summed E-state index contributed by atoms with van der Waals surface area (Å²) in [7, 11) is 3.80. The van der Waals surface area contributed by atoms with E-state index in [2.05, 4.69) is 59.9 Å². The summed E-state index contributed by atoms with van der Waals surface area (Å²) in [4.78, 5) is 14.7. The minimum absolute atomic E-state index is 0.285. The quantitative estimate of drug-likeness (QED) is 0.220. The highest BCUT2D eigenvalue weighted by molar-refractivity contribution is 5.76. The zero-order chi connectivity index (χ0) is 30.8. The number of halogens is 1. The van der Waals surface area contributed by atoms with Gasteiger partial charge in [-0.25, -0.2) is 9.07 Å². The van der Waals surface area contributed by atoms with Crippen molar-refractivity contribution in [1.82, 2.24) is 15.1 Å². The van der Waals surface area contributed by atoms with Crippen LogP contribution >= 0.6 is 0 Å². The van der Waals surface area contributed by atoms with Crippen molar-refractivity contribution in [1.29, 1.82) is 0 Å². The van der Waals surface area contributed by atoms with Gasteiger partial charge in [0.2, 0.25) is 0 Å². The van der Waals surface area contributed by atoms with E-state index in [4.69, 9.17) is 0 Å². The largest absolute Gasteiger partial charge is 0.387 e. The highest BCUT2D eigenvalue weighted by atomic mass is 19.1. The number of carbonyl (C=O) groups is 1. The molecule has 0 radical (unpaired) electrons. The molecule has 0 aliphatic carbocycles. The average molecular weight is 550 g/mol. The first-order chi connectivity index (χ1) is 19.0. The predicted molar refractivity (Wildman–Crippen MR) is 172 cm³/mol. The van der Waals surface area contributed by atoms with Crippen LogP contribution in [0.25, 0.3) is 11.3 Å². The Morgan fingerprint density at radius 2 is 1.73 bits per heavy atom. The van der Waals surface area contributed by atoms with Gasteiger partial charge in [-0.15, -0.1) is 0 Å². The lowest BCUT2D eigenvalue weighted by atomic mass is 10.00. The van der Waals surface area contributed by atoms with Crippen LogP contribution in [0.2, 0.25) is 0 Å². The van der Waals surface area contributed by atoms with Crippen LogP contribution in [0.3, 0.4) is 0 Å². The van der Waals surface area contributed by atoms with Crippen LogP contribution < -0.4 is 10.6 Å². The van der Waals surface area contributed by atoms with Crippen LogP contribution in [-0.4, -0.2) is 42.5 Å². The number of hydrogen-bond acceptors (Lipinski definition) is 5. The molecule has 1 heterocycles. The minimum atomic E-state index is -1.02.